The molecule has 0 radical (unpaired) electrons. The van der Waals surface area contributed by atoms with E-state index in [1.54, 1.807) is 0 Å². The van der Waals surface area contributed by atoms with Crippen molar-refractivity contribution < 1.29 is 9.90 Å². The summed E-state index contributed by atoms with van der Waals surface area (Å²) in [5.74, 6) is 0.743. The lowest BCUT2D eigenvalue weighted by atomic mass is 9.94. The van der Waals surface area contributed by atoms with Gasteiger partial charge < -0.3 is 10.0 Å². The number of aryl methyl sites for hydroxylation is 2. The van der Waals surface area contributed by atoms with E-state index in [-0.39, 0.29) is 12.5 Å². The van der Waals surface area contributed by atoms with Gasteiger partial charge in [0.05, 0.1) is 0 Å². The van der Waals surface area contributed by atoms with Gasteiger partial charge in [-0.25, -0.2) is 0 Å². The first kappa shape index (κ1) is 15.0. The Bertz CT molecular complexity index is 442. The first-order chi connectivity index (χ1) is 9.70. The Morgan fingerprint density at radius 2 is 2.20 bits per heavy atom. The number of aliphatic hydroxyl groups excluding tert-OH is 1. The maximum Gasteiger partial charge on any atom is 0.222 e. The molecule has 0 spiro atoms. The monoisotopic (exact) mass is 275 g/mol. The highest BCUT2D eigenvalue weighted by Gasteiger charge is 2.22. The van der Waals surface area contributed by atoms with E-state index in [1.165, 1.54) is 11.1 Å². The molecule has 0 bridgehead atoms. The SMILES string of the molecule is Cc1ccccc1CCC(=O)N1CCCC(CCO)C1. The summed E-state index contributed by atoms with van der Waals surface area (Å²) in [5, 5.41) is 9.02. The van der Waals surface area contributed by atoms with E-state index in [2.05, 4.69) is 19.1 Å². The van der Waals surface area contributed by atoms with Gasteiger partial charge in [0.25, 0.3) is 0 Å². The van der Waals surface area contributed by atoms with Crippen LogP contribution in [0.3, 0.4) is 0 Å². The van der Waals surface area contributed by atoms with Crippen LogP contribution in [0.4, 0.5) is 0 Å². The Kier molecular flexibility index (Phi) is 5.60. The quantitative estimate of drug-likeness (QED) is 0.897. The number of nitrogens with zero attached hydrogens (tertiary/aromatic N) is 1. The zero-order chi connectivity index (χ0) is 14.4. The Hall–Kier alpha value is -1.35. The lowest BCUT2D eigenvalue weighted by molar-refractivity contribution is -0.133. The van der Waals surface area contributed by atoms with Gasteiger partial charge in [-0.05, 0) is 49.7 Å². The number of likely N-dealkylation sites (tertiary alicyclic amines) is 1. The fourth-order valence-electron chi connectivity index (χ4n) is 3.00. The second-order valence-corrected chi connectivity index (χ2v) is 5.79. The Morgan fingerprint density at radius 1 is 1.40 bits per heavy atom. The van der Waals surface area contributed by atoms with E-state index >= 15 is 0 Å². The van der Waals surface area contributed by atoms with Gasteiger partial charge in [0.2, 0.25) is 5.91 Å². The van der Waals surface area contributed by atoms with Crippen molar-refractivity contribution in [3.05, 3.63) is 35.4 Å². The smallest absolute Gasteiger partial charge is 0.222 e. The van der Waals surface area contributed by atoms with Gasteiger partial charge in [0.15, 0.2) is 0 Å². The molecule has 1 fully saturated rings. The molecule has 2 rings (SSSR count). The average molecular weight is 275 g/mol. The summed E-state index contributed by atoms with van der Waals surface area (Å²) in [6.45, 7) is 4.04. The van der Waals surface area contributed by atoms with Crippen LogP contribution in [0, 0.1) is 12.8 Å². The average Bonchev–Trinajstić information content (AvgIpc) is 2.47. The van der Waals surface area contributed by atoms with Crippen molar-refractivity contribution in [1.29, 1.82) is 0 Å². The minimum absolute atomic E-state index is 0.232. The molecule has 0 saturated carbocycles. The third-order valence-electron chi connectivity index (χ3n) is 4.28. The zero-order valence-corrected chi connectivity index (χ0v) is 12.3. The van der Waals surface area contributed by atoms with Crippen LogP contribution in [0.2, 0.25) is 0 Å². The molecular formula is C17H25NO2. The summed E-state index contributed by atoms with van der Waals surface area (Å²) in [5.41, 5.74) is 2.53. The summed E-state index contributed by atoms with van der Waals surface area (Å²) >= 11 is 0. The van der Waals surface area contributed by atoms with Crippen LogP contribution in [-0.4, -0.2) is 35.6 Å². The number of carbonyl (C=O) groups excluding carboxylic acids is 1. The number of amides is 1. The maximum atomic E-state index is 12.3. The summed E-state index contributed by atoms with van der Waals surface area (Å²) in [4.78, 5) is 14.3. The molecule has 0 aliphatic carbocycles. The number of benzene rings is 1. The zero-order valence-electron chi connectivity index (χ0n) is 12.3. The Morgan fingerprint density at radius 3 is 2.95 bits per heavy atom. The topological polar surface area (TPSA) is 40.5 Å². The van der Waals surface area contributed by atoms with Gasteiger partial charge in [-0.3, -0.25) is 4.79 Å². The van der Waals surface area contributed by atoms with E-state index in [0.717, 1.165) is 38.8 Å². The van der Waals surface area contributed by atoms with E-state index in [4.69, 9.17) is 5.11 Å². The summed E-state index contributed by atoms with van der Waals surface area (Å²) in [6.07, 6.45) is 4.45. The minimum Gasteiger partial charge on any atom is -0.396 e. The van der Waals surface area contributed by atoms with Crippen molar-refractivity contribution in [3.63, 3.8) is 0 Å². The van der Waals surface area contributed by atoms with Gasteiger partial charge in [-0.15, -0.1) is 0 Å². The summed E-state index contributed by atoms with van der Waals surface area (Å²) in [6, 6.07) is 8.27. The minimum atomic E-state index is 0.232. The predicted octanol–water partition coefficient (Wildman–Crippen LogP) is 2.55. The first-order valence-corrected chi connectivity index (χ1v) is 7.64. The van der Waals surface area contributed by atoms with Crippen molar-refractivity contribution in [2.75, 3.05) is 19.7 Å². The van der Waals surface area contributed by atoms with Crippen LogP contribution in [0.25, 0.3) is 0 Å². The Balaban J connectivity index is 1.84. The fraction of sp³-hybridized carbons (Fsp3) is 0.588. The normalized spacial score (nSPS) is 19.1. The molecule has 1 N–H and O–H groups in total. The van der Waals surface area contributed by atoms with E-state index in [0.29, 0.717) is 12.3 Å². The number of carbonyl (C=O) groups is 1. The second-order valence-electron chi connectivity index (χ2n) is 5.79. The van der Waals surface area contributed by atoms with Crippen LogP contribution in [0.15, 0.2) is 24.3 Å². The molecule has 3 heteroatoms. The molecule has 1 aliphatic rings. The molecule has 1 heterocycles. The van der Waals surface area contributed by atoms with Crippen molar-refractivity contribution in [2.45, 2.75) is 39.0 Å². The molecule has 0 aromatic heterocycles. The molecule has 1 aliphatic heterocycles. The molecule has 1 atom stereocenters. The molecule has 1 unspecified atom stereocenters. The van der Waals surface area contributed by atoms with E-state index in [1.807, 2.05) is 17.0 Å². The highest BCUT2D eigenvalue weighted by molar-refractivity contribution is 5.76. The van der Waals surface area contributed by atoms with Gasteiger partial charge in [-0.2, -0.15) is 0 Å². The number of piperidine rings is 1. The van der Waals surface area contributed by atoms with Gasteiger partial charge in [0, 0.05) is 26.1 Å². The standard InChI is InChI=1S/C17H25NO2/c1-14-5-2-3-7-16(14)8-9-17(20)18-11-4-6-15(13-18)10-12-19/h2-3,5,7,15,19H,4,6,8-13H2,1H3. The van der Waals surface area contributed by atoms with Crippen LogP contribution in [-0.2, 0) is 11.2 Å². The molecule has 1 amide bonds. The third-order valence-corrected chi connectivity index (χ3v) is 4.28. The van der Waals surface area contributed by atoms with E-state index in [9.17, 15) is 4.79 Å². The number of hydrogen-bond donors (Lipinski definition) is 1. The van der Waals surface area contributed by atoms with Gasteiger partial charge >= 0.3 is 0 Å². The summed E-state index contributed by atoms with van der Waals surface area (Å²) < 4.78 is 0. The number of aliphatic hydroxyl groups is 1. The molecule has 110 valence electrons. The second kappa shape index (κ2) is 7.44. The van der Waals surface area contributed by atoms with Crippen LogP contribution < -0.4 is 0 Å². The summed E-state index contributed by atoms with van der Waals surface area (Å²) in [7, 11) is 0. The molecule has 1 saturated heterocycles. The molecule has 1 aromatic rings. The first-order valence-electron chi connectivity index (χ1n) is 7.64. The number of hydrogen-bond acceptors (Lipinski definition) is 2. The van der Waals surface area contributed by atoms with Gasteiger partial charge in [-0.1, -0.05) is 24.3 Å². The molecule has 3 nitrogen and oxygen atoms in total. The van der Waals surface area contributed by atoms with Gasteiger partial charge in [0.1, 0.15) is 0 Å². The lowest BCUT2D eigenvalue weighted by Gasteiger charge is -2.32. The largest absolute Gasteiger partial charge is 0.396 e. The highest BCUT2D eigenvalue weighted by atomic mass is 16.3. The molecule has 20 heavy (non-hydrogen) atoms. The highest BCUT2D eigenvalue weighted by Crippen LogP contribution is 2.20. The Labute approximate surface area is 121 Å². The lowest BCUT2D eigenvalue weighted by Crippen LogP contribution is -2.40. The maximum absolute atomic E-state index is 12.3. The fourth-order valence-corrected chi connectivity index (χ4v) is 3.00. The molecular weight excluding hydrogens is 250 g/mol. The van der Waals surface area contributed by atoms with Crippen molar-refractivity contribution in [3.8, 4) is 0 Å². The molecule has 1 aromatic carbocycles. The third kappa shape index (κ3) is 4.07. The predicted molar refractivity (Wildman–Crippen MR) is 80.5 cm³/mol. The number of rotatable bonds is 5. The van der Waals surface area contributed by atoms with Crippen LogP contribution in [0.1, 0.15) is 36.8 Å². The van der Waals surface area contributed by atoms with Crippen LogP contribution in [0.5, 0.6) is 0 Å². The van der Waals surface area contributed by atoms with Crippen LogP contribution >= 0.6 is 0 Å². The van der Waals surface area contributed by atoms with Crippen molar-refractivity contribution in [2.24, 2.45) is 5.92 Å². The van der Waals surface area contributed by atoms with Crippen molar-refractivity contribution in [1.82, 2.24) is 4.90 Å². The van der Waals surface area contributed by atoms with Crippen molar-refractivity contribution >= 4 is 5.91 Å². The van der Waals surface area contributed by atoms with E-state index < -0.39 is 0 Å².